The molecule has 8 N–H and O–H groups in total. The van der Waals surface area contributed by atoms with Gasteiger partial charge in [-0.15, -0.1) is 0 Å². The van der Waals surface area contributed by atoms with Crippen molar-refractivity contribution in [2.24, 2.45) is 0 Å². The van der Waals surface area contributed by atoms with Gasteiger partial charge in [0.25, 0.3) is 0 Å². The van der Waals surface area contributed by atoms with Crippen LogP contribution in [0.5, 0.6) is 0 Å². The molecule has 2 atom stereocenters. The highest BCUT2D eigenvalue weighted by molar-refractivity contribution is 7.47. The van der Waals surface area contributed by atoms with Gasteiger partial charge in [-0.05, 0) is 12.8 Å². The lowest BCUT2D eigenvalue weighted by Crippen LogP contribution is -2.30. The average molecular weight is 884 g/mol. The lowest BCUT2D eigenvalue weighted by molar-refractivity contribution is -0.161. The fourth-order valence-electron chi connectivity index (χ4n) is 6.70. The predicted molar refractivity (Wildman–Crippen MR) is 243 cm³/mol. The number of methoxy groups -OCH3 is 1. The van der Waals surface area contributed by atoms with Crippen LogP contribution in [-0.2, 0) is 42.1 Å². The maximum absolute atomic E-state index is 12.7. The molecule has 0 spiro atoms. The number of rotatable bonds is 45. The van der Waals surface area contributed by atoms with E-state index in [1.807, 2.05) is 0 Å². The maximum Gasteiger partial charge on any atom is 0.472 e. The Bertz CT molecular complexity index is 996. The van der Waals surface area contributed by atoms with Gasteiger partial charge in [0.05, 0.1) is 19.8 Å². The summed E-state index contributed by atoms with van der Waals surface area (Å²) in [6.07, 6.45) is 35.5. The largest absolute Gasteiger partial charge is 0.472 e. The second-order valence-corrected chi connectivity index (χ2v) is 17.3. The molecule has 0 fully saturated rings. The summed E-state index contributed by atoms with van der Waals surface area (Å²) in [5.41, 5.74) is 0. The van der Waals surface area contributed by atoms with Gasteiger partial charge in [0.15, 0.2) is 6.10 Å². The van der Waals surface area contributed by atoms with Gasteiger partial charge in [0, 0.05) is 26.5 Å². The Morgan fingerprint density at radius 2 is 0.883 bits per heavy atom. The van der Waals surface area contributed by atoms with Crippen molar-refractivity contribution in [2.75, 3.05) is 46.7 Å². The summed E-state index contributed by atoms with van der Waals surface area (Å²) in [5.74, 6) is -0.892. The highest BCUT2D eigenvalue weighted by Crippen LogP contribution is 2.43. The smallest absolute Gasteiger partial charge is 0.462 e. The van der Waals surface area contributed by atoms with E-state index in [0.717, 1.165) is 32.1 Å². The summed E-state index contributed by atoms with van der Waals surface area (Å²) in [4.78, 5) is 47.0. The number of hydrogen-bond acceptors (Lipinski definition) is 12. The Hall–Kier alpha value is -1.80. The zero-order chi connectivity index (χ0) is 42.6. The van der Waals surface area contributed by atoms with Crippen LogP contribution in [0.15, 0.2) is 0 Å². The van der Waals surface area contributed by atoms with Crippen LogP contribution in [0.3, 0.4) is 0 Å². The van der Waals surface area contributed by atoms with Gasteiger partial charge in [-0.25, -0.2) is 9.36 Å². The van der Waals surface area contributed by atoms with Crippen molar-refractivity contribution in [3.8, 4) is 0 Å². The van der Waals surface area contributed by atoms with Gasteiger partial charge in [-0.3, -0.25) is 18.6 Å². The summed E-state index contributed by atoms with van der Waals surface area (Å²) in [6.45, 7) is 3.58. The monoisotopic (exact) mass is 884 g/mol. The van der Waals surface area contributed by atoms with Crippen molar-refractivity contribution >= 4 is 25.9 Å². The van der Waals surface area contributed by atoms with Crippen molar-refractivity contribution in [3.63, 3.8) is 0 Å². The maximum atomic E-state index is 12.7. The second-order valence-electron chi connectivity index (χ2n) is 15.8. The highest BCUT2D eigenvalue weighted by atomic mass is 31.2. The van der Waals surface area contributed by atoms with E-state index in [0.29, 0.717) is 12.8 Å². The first kappa shape index (κ1) is 62.5. The fourth-order valence-corrected chi connectivity index (χ4v) is 7.45. The normalized spacial score (nSPS) is 12.5. The van der Waals surface area contributed by atoms with Gasteiger partial charge in [-0.2, -0.15) is 0 Å². The Balaban J connectivity index is -0.0000162. The molecule has 0 heterocycles. The van der Waals surface area contributed by atoms with Crippen LogP contribution < -0.4 is 17.6 Å². The molecule has 0 radical (unpaired) electrons. The minimum Gasteiger partial charge on any atom is -0.462 e. The molecule has 0 bridgehead atoms. The molecule has 0 aliphatic carbocycles. The fraction of sp³-hybridized carbons (Fsp3) is 0.933. The standard InChI is InChI=1S/C45H88NO11P.2H3N/c1-4-6-8-10-12-14-16-18-20-22-24-26-28-30-32-34-43(47)54-40-42(41-56-58(50,51)55-37-36-46-45(49)53-39-38-52-3)57-44(48)35-33-31-29-27-25-23-21-19-17-15-13-11-9-7-5-2;;/h42H,4-41H2,1-3H3,(H,46,49)(H,50,51);2*1H3/t42-;;/m1../s1. The van der Waals surface area contributed by atoms with E-state index in [1.165, 1.54) is 155 Å². The molecule has 0 aliphatic heterocycles. The first-order valence-corrected chi connectivity index (χ1v) is 25.1. The minimum atomic E-state index is -4.57. The molecule has 15 heteroatoms. The van der Waals surface area contributed by atoms with Crippen LogP contribution in [0.25, 0.3) is 0 Å². The Kier molecular flexibility index (Phi) is 50.2. The van der Waals surface area contributed by atoms with Crippen molar-refractivity contribution in [2.45, 2.75) is 225 Å². The lowest BCUT2D eigenvalue weighted by Gasteiger charge is -2.20. The molecule has 0 aromatic rings. The molecule has 14 nitrogen and oxygen atoms in total. The van der Waals surface area contributed by atoms with Crippen LogP contribution in [0.2, 0.25) is 0 Å². The van der Waals surface area contributed by atoms with Crippen LogP contribution in [0, 0.1) is 0 Å². The number of hydrogen-bond donors (Lipinski definition) is 4. The molecule has 1 unspecified atom stereocenters. The molecule has 0 saturated carbocycles. The molecule has 0 aromatic heterocycles. The third-order valence-corrected chi connectivity index (χ3v) is 11.3. The number of carbonyl (C=O) groups excluding carboxylic acids is 3. The summed E-state index contributed by atoms with van der Waals surface area (Å²) in [5, 5.41) is 2.38. The number of esters is 2. The van der Waals surface area contributed by atoms with Crippen LogP contribution in [0.4, 0.5) is 4.79 Å². The number of ether oxygens (including phenoxy) is 4. The summed E-state index contributed by atoms with van der Waals surface area (Å²) >= 11 is 0. The number of nitrogens with one attached hydrogen (secondary N) is 1. The third-order valence-electron chi connectivity index (χ3n) is 10.3. The Morgan fingerprint density at radius 3 is 1.28 bits per heavy atom. The Labute approximate surface area is 366 Å². The molecule has 0 aliphatic rings. The van der Waals surface area contributed by atoms with Crippen LogP contribution in [0.1, 0.15) is 219 Å². The first-order valence-electron chi connectivity index (χ1n) is 23.6. The molecule has 0 aromatic carbocycles. The van der Waals surface area contributed by atoms with E-state index < -0.39 is 38.6 Å². The summed E-state index contributed by atoms with van der Waals surface area (Å²) in [6, 6.07) is 0. The SMILES string of the molecule is CCCCCCCCCCCCCCCCCC(=O)OC[C@H](COP(=O)(O)OCCNC(=O)OCCOC)OC(=O)CCCCCCCCCCCCCCCCC.N.N. The van der Waals surface area contributed by atoms with Crippen molar-refractivity contribution in [1.82, 2.24) is 17.6 Å². The van der Waals surface area contributed by atoms with Gasteiger partial charge < -0.3 is 41.5 Å². The highest BCUT2D eigenvalue weighted by Gasteiger charge is 2.26. The van der Waals surface area contributed by atoms with E-state index in [2.05, 4.69) is 19.2 Å². The topological polar surface area (TPSA) is 226 Å². The quantitative estimate of drug-likeness (QED) is 0.0193. The van der Waals surface area contributed by atoms with Crippen LogP contribution in [-0.4, -0.2) is 75.7 Å². The van der Waals surface area contributed by atoms with Crippen molar-refractivity contribution in [3.05, 3.63) is 0 Å². The average Bonchev–Trinajstić information content (AvgIpc) is 3.20. The molecule has 0 saturated heterocycles. The number of alkyl carbamates (subject to hydrolysis) is 1. The number of phosphoric acid groups is 1. The van der Waals surface area contributed by atoms with Crippen molar-refractivity contribution < 1.29 is 51.8 Å². The van der Waals surface area contributed by atoms with Gasteiger partial charge in [-0.1, -0.05) is 194 Å². The Morgan fingerprint density at radius 1 is 0.500 bits per heavy atom. The number of amides is 1. The summed E-state index contributed by atoms with van der Waals surface area (Å²) in [7, 11) is -3.09. The number of unbranched alkanes of at least 4 members (excludes halogenated alkanes) is 28. The number of phosphoric ester groups is 1. The van der Waals surface area contributed by atoms with Crippen molar-refractivity contribution in [1.29, 1.82) is 0 Å². The summed E-state index contributed by atoms with van der Waals surface area (Å²) < 4.78 is 43.1. The number of carbonyl (C=O) groups is 3. The van der Waals surface area contributed by atoms with E-state index in [9.17, 15) is 23.8 Å². The van der Waals surface area contributed by atoms with E-state index in [1.54, 1.807) is 0 Å². The lowest BCUT2D eigenvalue weighted by atomic mass is 10.0. The molecule has 360 valence electrons. The molecule has 0 rings (SSSR count). The van der Waals surface area contributed by atoms with E-state index in [4.69, 9.17) is 28.0 Å². The van der Waals surface area contributed by atoms with E-state index in [-0.39, 0.29) is 58.1 Å². The van der Waals surface area contributed by atoms with Gasteiger partial charge in [0.1, 0.15) is 13.2 Å². The van der Waals surface area contributed by atoms with Gasteiger partial charge >= 0.3 is 25.9 Å². The van der Waals surface area contributed by atoms with Crippen LogP contribution >= 0.6 is 7.82 Å². The predicted octanol–water partition coefficient (Wildman–Crippen LogP) is 12.8. The zero-order valence-electron chi connectivity index (χ0n) is 38.8. The zero-order valence-corrected chi connectivity index (χ0v) is 39.7. The molecular formula is C45H94N3O11P. The third kappa shape index (κ3) is 47.3. The first-order chi connectivity index (χ1) is 28.2. The molecular weight excluding hydrogens is 789 g/mol. The van der Waals surface area contributed by atoms with E-state index >= 15 is 0 Å². The second kappa shape index (κ2) is 48.2. The van der Waals surface area contributed by atoms with Gasteiger partial charge in [0.2, 0.25) is 0 Å². The molecule has 60 heavy (non-hydrogen) atoms. The minimum absolute atomic E-state index is 0. The molecule has 1 amide bonds.